The molecule has 2 N–H and O–H groups in total. The predicted octanol–water partition coefficient (Wildman–Crippen LogP) is 3.71. The van der Waals surface area contributed by atoms with Crippen molar-refractivity contribution < 1.29 is 13.9 Å². The van der Waals surface area contributed by atoms with Crippen molar-refractivity contribution in [3.8, 4) is 11.5 Å². The Morgan fingerprint density at radius 3 is 2.67 bits per heavy atom. The highest BCUT2D eigenvalue weighted by Crippen LogP contribution is 2.32. The minimum absolute atomic E-state index is 0.0678. The van der Waals surface area contributed by atoms with Gasteiger partial charge in [-0.3, -0.25) is 0 Å². The average Bonchev–Trinajstić information content (AvgIpc) is 2.99. The van der Waals surface area contributed by atoms with Crippen molar-refractivity contribution in [2.75, 3.05) is 25.1 Å². The second kappa shape index (κ2) is 8.33. The van der Waals surface area contributed by atoms with Crippen LogP contribution < -0.4 is 20.1 Å². The molecule has 2 heterocycles. The normalized spacial score (nSPS) is 14.6. The maximum atomic E-state index is 5.80. The van der Waals surface area contributed by atoms with Crippen LogP contribution in [0.3, 0.4) is 0 Å². The van der Waals surface area contributed by atoms with Crippen LogP contribution in [0.25, 0.3) is 0 Å². The fourth-order valence-electron chi connectivity index (χ4n) is 2.56. The highest BCUT2D eigenvalue weighted by atomic mass is 16.5. The summed E-state index contributed by atoms with van der Waals surface area (Å²) in [7, 11) is 0. The van der Waals surface area contributed by atoms with Crippen molar-refractivity contribution in [3.05, 3.63) is 36.0 Å². The number of benzene rings is 1. The lowest BCUT2D eigenvalue weighted by atomic mass is 9.94. The van der Waals surface area contributed by atoms with Gasteiger partial charge in [-0.1, -0.05) is 20.8 Å². The van der Waals surface area contributed by atoms with Crippen molar-refractivity contribution in [3.63, 3.8) is 0 Å². The number of oxazole rings is 1. The van der Waals surface area contributed by atoms with Gasteiger partial charge in [-0.05, 0) is 19.1 Å². The van der Waals surface area contributed by atoms with E-state index in [-0.39, 0.29) is 5.41 Å². The lowest BCUT2D eigenvalue weighted by Crippen LogP contribution is -2.30. The van der Waals surface area contributed by atoms with E-state index in [1.54, 1.807) is 6.20 Å². The molecule has 7 nitrogen and oxygen atoms in total. The number of aromatic nitrogens is 1. The SMILES string of the molecule is CCNC(=NCc1ncc(C(C)(C)C)o1)Nc1ccc2c(c1)OCCCO2. The van der Waals surface area contributed by atoms with Gasteiger partial charge in [0.05, 0.1) is 19.4 Å². The molecule has 0 atom stereocenters. The summed E-state index contributed by atoms with van der Waals surface area (Å²) < 4.78 is 17.2. The molecule has 0 unspecified atom stereocenters. The highest BCUT2D eigenvalue weighted by molar-refractivity contribution is 5.93. The van der Waals surface area contributed by atoms with Crippen molar-refractivity contribution in [1.29, 1.82) is 0 Å². The first-order valence-corrected chi connectivity index (χ1v) is 9.36. The Labute approximate surface area is 160 Å². The zero-order valence-corrected chi connectivity index (χ0v) is 16.5. The maximum absolute atomic E-state index is 5.80. The second-order valence-electron chi connectivity index (χ2n) is 7.40. The summed E-state index contributed by atoms with van der Waals surface area (Å²) in [6.07, 6.45) is 2.66. The van der Waals surface area contributed by atoms with Crippen LogP contribution in [0, 0.1) is 0 Å². The van der Waals surface area contributed by atoms with E-state index in [0.717, 1.165) is 35.9 Å². The number of nitrogens with zero attached hydrogens (tertiary/aromatic N) is 2. The largest absolute Gasteiger partial charge is 0.490 e. The molecule has 1 aromatic carbocycles. The van der Waals surface area contributed by atoms with Crippen molar-refractivity contribution in [2.24, 2.45) is 4.99 Å². The Morgan fingerprint density at radius 1 is 1.19 bits per heavy atom. The molecule has 0 bridgehead atoms. The standard InChI is InChI=1S/C20H28N4O3/c1-5-21-19(23-13-18-22-12-17(27-18)20(2,3)4)24-14-7-8-15-16(11-14)26-10-6-9-25-15/h7-8,11-12H,5-6,9-10,13H2,1-4H3,(H2,21,23,24). The molecule has 0 radical (unpaired) electrons. The molecule has 1 aliphatic rings. The van der Waals surface area contributed by atoms with Crippen LogP contribution in [-0.4, -0.2) is 30.7 Å². The molecule has 146 valence electrons. The summed E-state index contributed by atoms with van der Waals surface area (Å²) in [4.78, 5) is 8.90. The summed E-state index contributed by atoms with van der Waals surface area (Å²) in [6, 6.07) is 5.79. The second-order valence-corrected chi connectivity index (χ2v) is 7.40. The lowest BCUT2D eigenvalue weighted by molar-refractivity contribution is 0.297. The van der Waals surface area contributed by atoms with Gasteiger partial charge in [0.15, 0.2) is 17.5 Å². The van der Waals surface area contributed by atoms with E-state index >= 15 is 0 Å². The molecule has 1 aliphatic heterocycles. The first kappa shape index (κ1) is 19.1. The van der Waals surface area contributed by atoms with Gasteiger partial charge in [-0.15, -0.1) is 0 Å². The van der Waals surface area contributed by atoms with Crippen LogP contribution in [0.15, 0.2) is 33.8 Å². The van der Waals surface area contributed by atoms with Gasteiger partial charge >= 0.3 is 0 Å². The van der Waals surface area contributed by atoms with E-state index in [1.165, 1.54) is 0 Å². The molecule has 0 fully saturated rings. The first-order valence-electron chi connectivity index (χ1n) is 9.36. The van der Waals surface area contributed by atoms with E-state index in [4.69, 9.17) is 13.9 Å². The number of aliphatic imine (C=N–C) groups is 1. The number of fused-ring (bicyclic) bond motifs is 1. The molecule has 0 spiro atoms. The van der Waals surface area contributed by atoms with Crippen LogP contribution in [0.4, 0.5) is 5.69 Å². The number of hydrogen-bond acceptors (Lipinski definition) is 5. The number of hydrogen-bond donors (Lipinski definition) is 2. The van der Waals surface area contributed by atoms with Crippen LogP contribution in [0.1, 0.15) is 45.8 Å². The van der Waals surface area contributed by atoms with Gasteiger partial charge in [0.25, 0.3) is 0 Å². The van der Waals surface area contributed by atoms with Gasteiger partial charge in [0.1, 0.15) is 12.3 Å². The minimum Gasteiger partial charge on any atom is -0.490 e. The fourth-order valence-corrected chi connectivity index (χ4v) is 2.56. The summed E-state index contributed by atoms with van der Waals surface area (Å²) in [5.74, 6) is 3.62. The third-order valence-corrected chi connectivity index (χ3v) is 4.02. The van der Waals surface area contributed by atoms with Crippen molar-refractivity contribution >= 4 is 11.6 Å². The maximum Gasteiger partial charge on any atom is 0.216 e. The number of anilines is 1. The molecule has 1 aromatic heterocycles. The highest BCUT2D eigenvalue weighted by Gasteiger charge is 2.19. The zero-order valence-electron chi connectivity index (χ0n) is 16.5. The third kappa shape index (κ3) is 5.15. The Kier molecular flexibility index (Phi) is 5.88. The number of ether oxygens (including phenoxy) is 2. The Bertz CT molecular complexity index is 793. The predicted molar refractivity (Wildman–Crippen MR) is 106 cm³/mol. The molecule has 0 aliphatic carbocycles. The molecule has 0 saturated carbocycles. The fraction of sp³-hybridized carbons (Fsp3) is 0.500. The van der Waals surface area contributed by atoms with Gasteiger partial charge in [-0.2, -0.15) is 0 Å². The van der Waals surface area contributed by atoms with E-state index in [1.807, 2.05) is 25.1 Å². The Balaban J connectivity index is 1.71. The molecule has 0 saturated heterocycles. The van der Waals surface area contributed by atoms with Crippen LogP contribution in [-0.2, 0) is 12.0 Å². The zero-order chi connectivity index (χ0) is 19.3. The molecule has 7 heteroatoms. The van der Waals surface area contributed by atoms with Crippen LogP contribution >= 0.6 is 0 Å². The smallest absolute Gasteiger partial charge is 0.216 e. The molecular formula is C20H28N4O3. The summed E-state index contributed by atoms with van der Waals surface area (Å²) in [6.45, 7) is 10.7. The summed E-state index contributed by atoms with van der Waals surface area (Å²) >= 11 is 0. The number of nitrogens with one attached hydrogen (secondary N) is 2. The molecule has 2 aromatic rings. The molecular weight excluding hydrogens is 344 g/mol. The van der Waals surface area contributed by atoms with E-state index < -0.39 is 0 Å². The van der Waals surface area contributed by atoms with Gasteiger partial charge in [-0.25, -0.2) is 9.98 Å². The number of guanidine groups is 1. The number of rotatable bonds is 4. The minimum atomic E-state index is -0.0678. The molecule has 27 heavy (non-hydrogen) atoms. The molecule has 0 amide bonds. The third-order valence-electron chi connectivity index (χ3n) is 4.02. The summed E-state index contributed by atoms with van der Waals surface area (Å²) in [5, 5.41) is 6.52. The van der Waals surface area contributed by atoms with Gasteiger partial charge < -0.3 is 24.5 Å². The monoisotopic (exact) mass is 372 g/mol. The van der Waals surface area contributed by atoms with Crippen LogP contribution in [0.5, 0.6) is 11.5 Å². The first-order chi connectivity index (χ1) is 13.0. The summed E-state index contributed by atoms with van der Waals surface area (Å²) in [5.41, 5.74) is 0.809. The van der Waals surface area contributed by atoms with Crippen molar-refractivity contribution in [1.82, 2.24) is 10.3 Å². The topological polar surface area (TPSA) is 80.9 Å². The van der Waals surface area contributed by atoms with E-state index in [2.05, 4.69) is 41.4 Å². The van der Waals surface area contributed by atoms with Crippen LogP contribution in [0.2, 0.25) is 0 Å². The quantitative estimate of drug-likeness (QED) is 0.629. The van der Waals surface area contributed by atoms with Gasteiger partial charge in [0.2, 0.25) is 5.89 Å². The Hall–Kier alpha value is -2.70. The van der Waals surface area contributed by atoms with E-state index in [9.17, 15) is 0 Å². The van der Waals surface area contributed by atoms with Gasteiger partial charge in [0, 0.05) is 30.1 Å². The van der Waals surface area contributed by atoms with Crippen molar-refractivity contribution in [2.45, 2.75) is 46.1 Å². The molecule has 3 rings (SSSR count). The van der Waals surface area contributed by atoms with E-state index in [0.29, 0.717) is 31.6 Å². The average molecular weight is 372 g/mol. The lowest BCUT2D eigenvalue weighted by Gasteiger charge is -2.14. The Morgan fingerprint density at radius 2 is 1.96 bits per heavy atom.